The first kappa shape index (κ1) is 20.2. The molecule has 2 aromatic carbocycles. The second-order valence-corrected chi connectivity index (χ2v) is 5.68. The zero-order valence-corrected chi connectivity index (χ0v) is 15.0. The third-order valence-corrected chi connectivity index (χ3v) is 3.53. The second-order valence-electron chi connectivity index (χ2n) is 5.25. The van der Waals surface area contributed by atoms with Crippen molar-refractivity contribution < 1.29 is 28.2 Å². The average Bonchev–Trinajstić information content (AvgIpc) is 2.66. The number of esters is 1. The molecule has 0 saturated heterocycles. The lowest BCUT2D eigenvalue weighted by atomic mass is 10.2. The third-order valence-electron chi connectivity index (χ3n) is 3.29. The van der Waals surface area contributed by atoms with Crippen molar-refractivity contribution in [3.8, 4) is 5.75 Å². The Labute approximate surface area is 159 Å². The lowest BCUT2D eigenvalue weighted by Gasteiger charge is -2.09. The number of hydrogen-bond donors (Lipinski definition) is 2. The second kappa shape index (κ2) is 9.54. The van der Waals surface area contributed by atoms with Crippen molar-refractivity contribution in [3.05, 3.63) is 58.9 Å². The van der Waals surface area contributed by atoms with Gasteiger partial charge in [-0.15, -0.1) is 0 Å². The molecule has 142 valence electrons. The number of rotatable bonds is 7. The number of halogens is 2. The van der Waals surface area contributed by atoms with Crippen LogP contribution in [0.5, 0.6) is 5.75 Å². The van der Waals surface area contributed by atoms with Gasteiger partial charge in [0.25, 0.3) is 11.8 Å². The summed E-state index contributed by atoms with van der Waals surface area (Å²) < 4.78 is 23.3. The van der Waals surface area contributed by atoms with E-state index >= 15 is 0 Å². The number of carbonyl (C=O) groups excluding carboxylic acids is 3. The molecule has 0 saturated carbocycles. The Morgan fingerprint density at radius 3 is 2.63 bits per heavy atom. The van der Waals surface area contributed by atoms with Gasteiger partial charge < -0.3 is 20.1 Å². The van der Waals surface area contributed by atoms with Gasteiger partial charge in [0.1, 0.15) is 18.1 Å². The van der Waals surface area contributed by atoms with Crippen LogP contribution in [0.3, 0.4) is 0 Å². The maximum Gasteiger partial charge on any atom is 0.325 e. The highest BCUT2D eigenvalue weighted by Crippen LogP contribution is 2.18. The van der Waals surface area contributed by atoms with Crippen LogP contribution in [0.25, 0.3) is 0 Å². The highest BCUT2D eigenvalue weighted by Gasteiger charge is 2.13. The van der Waals surface area contributed by atoms with Crippen molar-refractivity contribution in [2.24, 2.45) is 0 Å². The first-order valence-electron chi connectivity index (χ1n) is 7.72. The number of methoxy groups -OCH3 is 1. The minimum Gasteiger partial charge on any atom is -0.497 e. The van der Waals surface area contributed by atoms with Gasteiger partial charge >= 0.3 is 5.97 Å². The fraction of sp³-hybridized carbons (Fsp3) is 0.167. The number of carbonyl (C=O) groups is 3. The van der Waals surface area contributed by atoms with Crippen LogP contribution >= 0.6 is 11.6 Å². The SMILES string of the molecule is COc1cccc(C(=O)NCC(=O)OCC(=O)Nc2ccc(Cl)cc2F)c1. The van der Waals surface area contributed by atoms with Crippen molar-refractivity contribution in [1.82, 2.24) is 5.32 Å². The van der Waals surface area contributed by atoms with E-state index in [9.17, 15) is 18.8 Å². The van der Waals surface area contributed by atoms with Crippen molar-refractivity contribution in [3.63, 3.8) is 0 Å². The van der Waals surface area contributed by atoms with Gasteiger partial charge in [-0.3, -0.25) is 14.4 Å². The molecule has 7 nitrogen and oxygen atoms in total. The normalized spacial score (nSPS) is 10.0. The van der Waals surface area contributed by atoms with Crippen LogP contribution in [0.2, 0.25) is 5.02 Å². The van der Waals surface area contributed by atoms with E-state index in [0.29, 0.717) is 11.3 Å². The molecule has 2 rings (SSSR count). The topological polar surface area (TPSA) is 93.7 Å². The highest BCUT2D eigenvalue weighted by atomic mass is 35.5. The maximum atomic E-state index is 13.6. The fourth-order valence-electron chi connectivity index (χ4n) is 1.99. The molecule has 0 unspecified atom stereocenters. The molecule has 0 aromatic heterocycles. The molecule has 0 aliphatic heterocycles. The van der Waals surface area contributed by atoms with Crippen LogP contribution in [0, 0.1) is 5.82 Å². The quantitative estimate of drug-likeness (QED) is 0.703. The lowest BCUT2D eigenvalue weighted by Crippen LogP contribution is -2.32. The minimum absolute atomic E-state index is 0.0909. The van der Waals surface area contributed by atoms with Crippen LogP contribution in [0.15, 0.2) is 42.5 Å². The Morgan fingerprint density at radius 1 is 1.15 bits per heavy atom. The number of ether oxygens (including phenoxy) is 2. The summed E-state index contributed by atoms with van der Waals surface area (Å²) in [6, 6.07) is 10.1. The number of anilines is 1. The Kier molecular flexibility index (Phi) is 7.13. The van der Waals surface area contributed by atoms with E-state index in [2.05, 4.69) is 10.6 Å². The van der Waals surface area contributed by atoms with E-state index in [4.69, 9.17) is 21.1 Å². The van der Waals surface area contributed by atoms with Gasteiger partial charge in [-0.2, -0.15) is 0 Å². The van der Waals surface area contributed by atoms with E-state index in [-0.39, 0.29) is 10.7 Å². The fourth-order valence-corrected chi connectivity index (χ4v) is 2.15. The average molecular weight is 395 g/mol. The summed E-state index contributed by atoms with van der Waals surface area (Å²) in [6.45, 7) is -1.06. The largest absolute Gasteiger partial charge is 0.497 e. The smallest absolute Gasteiger partial charge is 0.325 e. The van der Waals surface area contributed by atoms with Crippen LogP contribution < -0.4 is 15.4 Å². The molecule has 0 heterocycles. The van der Waals surface area contributed by atoms with Crippen LogP contribution in [-0.2, 0) is 14.3 Å². The standard InChI is InChI=1S/C18H16ClFN2O5/c1-26-13-4-2-3-11(7-13)18(25)21-9-17(24)27-10-16(23)22-15-6-5-12(19)8-14(15)20/h2-8H,9-10H2,1H3,(H,21,25)(H,22,23). The molecule has 27 heavy (non-hydrogen) atoms. The Balaban J connectivity index is 1.76. The third kappa shape index (κ3) is 6.27. The molecule has 0 radical (unpaired) electrons. The summed E-state index contributed by atoms with van der Waals surface area (Å²) in [5, 5.41) is 4.79. The van der Waals surface area contributed by atoms with E-state index < -0.39 is 36.8 Å². The summed E-state index contributed by atoms with van der Waals surface area (Å²) in [6.07, 6.45) is 0. The summed E-state index contributed by atoms with van der Waals surface area (Å²) in [4.78, 5) is 35.3. The van der Waals surface area contributed by atoms with Gasteiger partial charge in [0, 0.05) is 10.6 Å². The molecule has 2 amide bonds. The Morgan fingerprint density at radius 2 is 1.93 bits per heavy atom. The molecule has 0 aliphatic carbocycles. The van der Waals surface area contributed by atoms with Gasteiger partial charge in [0.2, 0.25) is 0 Å². The summed E-state index contributed by atoms with van der Waals surface area (Å²) in [5.41, 5.74) is 0.213. The monoisotopic (exact) mass is 394 g/mol. The number of hydrogen-bond acceptors (Lipinski definition) is 5. The molecule has 9 heteroatoms. The zero-order chi connectivity index (χ0) is 19.8. The molecular formula is C18H16ClFN2O5. The van der Waals surface area contributed by atoms with E-state index in [1.54, 1.807) is 18.2 Å². The van der Waals surface area contributed by atoms with Crippen molar-refractivity contribution in [2.45, 2.75) is 0 Å². The van der Waals surface area contributed by atoms with Crippen molar-refractivity contribution in [2.75, 3.05) is 25.6 Å². The predicted molar refractivity (Wildman–Crippen MR) is 96.3 cm³/mol. The van der Waals surface area contributed by atoms with Crippen LogP contribution in [0.4, 0.5) is 10.1 Å². The minimum atomic E-state index is -0.821. The summed E-state index contributed by atoms with van der Waals surface area (Å²) >= 11 is 5.61. The van der Waals surface area contributed by atoms with Gasteiger partial charge in [-0.25, -0.2) is 4.39 Å². The van der Waals surface area contributed by atoms with Gasteiger partial charge in [-0.05, 0) is 36.4 Å². The van der Waals surface area contributed by atoms with Gasteiger partial charge in [0.05, 0.1) is 12.8 Å². The number of amides is 2. The molecule has 2 aromatic rings. The summed E-state index contributed by atoms with van der Waals surface area (Å²) in [7, 11) is 1.47. The van der Waals surface area contributed by atoms with Crippen molar-refractivity contribution >= 4 is 35.1 Å². The van der Waals surface area contributed by atoms with Gasteiger partial charge in [0.15, 0.2) is 6.61 Å². The molecular weight excluding hydrogens is 379 g/mol. The molecule has 0 spiro atoms. The highest BCUT2D eigenvalue weighted by molar-refractivity contribution is 6.30. The summed E-state index contributed by atoms with van der Waals surface area (Å²) in [5.74, 6) is -2.27. The number of benzene rings is 2. The molecule has 0 aliphatic rings. The molecule has 0 bridgehead atoms. The predicted octanol–water partition coefficient (Wildman–Crippen LogP) is 2.40. The van der Waals surface area contributed by atoms with Crippen molar-refractivity contribution in [1.29, 1.82) is 0 Å². The number of nitrogens with one attached hydrogen (secondary N) is 2. The van der Waals surface area contributed by atoms with E-state index in [1.165, 1.54) is 25.3 Å². The lowest BCUT2D eigenvalue weighted by molar-refractivity contribution is -0.146. The van der Waals surface area contributed by atoms with Crippen LogP contribution in [0.1, 0.15) is 10.4 Å². The van der Waals surface area contributed by atoms with E-state index in [1.807, 2.05) is 0 Å². The van der Waals surface area contributed by atoms with Crippen LogP contribution in [-0.4, -0.2) is 38.0 Å². The Hall–Kier alpha value is -3.13. The molecule has 0 atom stereocenters. The molecule has 0 fully saturated rings. The zero-order valence-electron chi connectivity index (χ0n) is 14.3. The first-order valence-corrected chi connectivity index (χ1v) is 8.09. The van der Waals surface area contributed by atoms with E-state index in [0.717, 1.165) is 6.07 Å². The molecule has 2 N–H and O–H groups in total. The van der Waals surface area contributed by atoms with Gasteiger partial charge in [-0.1, -0.05) is 17.7 Å². The maximum absolute atomic E-state index is 13.6. The Bertz CT molecular complexity index is 859. The first-order chi connectivity index (χ1) is 12.9.